The number of benzene rings is 1. The Bertz CT molecular complexity index is 774. The van der Waals surface area contributed by atoms with E-state index in [0.717, 1.165) is 5.75 Å². The van der Waals surface area contributed by atoms with Crippen molar-refractivity contribution in [3.63, 3.8) is 0 Å². The summed E-state index contributed by atoms with van der Waals surface area (Å²) in [7, 11) is -1.87. The summed E-state index contributed by atoms with van der Waals surface area (Å²) in [4.78, 5) is 1.55. The van der Waals surface area contributed by atoms with E-state index in [1.165, 1.54) is 48.5 Å². The van der Waals surface area contributed by atoms with E-state index < -0.39 is 8.32 Å². The normalized spacial score (nSPS) is 17.6. The van der Waals surface area contributed by atoms with Crippen LogP contribution in [0.25, 0.3) is 0 Å². The second-order valence-corrected chi connectivity index (χ2v) is 17.1. The van der Waals surface area contributed by atoms with E-state index in [-0.39, 0.29) is 5.04 Å². The molecule has 0 N–H and O–H groups in total. The first-order valence-electron chi connectivity index (χ1n) is 11.0. The monoisotopic (exact) mass is 540 g/mol. The molecule has 4 heteroatoms. The van der Waals surface area contributed by atoms with Crippen LogP contribution in [0.2, 0.25) is 18.1 Å². The fourth-order valence-corrected chi connectivity index (χ4v) is 6.74. The molecule has 1 saturated carbocycles. The highest BCUT2D eigenvalue weighted by atomic mass is 127. The topological polar surface area (TPSA) is 9.23 Å². The van der Waals surface area contributed by atoms with Crippen LogP contribution in [0.3, 0.4) is 0 Å². The Kier molecular flexibility index (Phi) is 7.59. The van der Waals surface area contributed by atoms with Crippen LogP contribution in [-0.2, 0) is 6.42 Å². The van der Waals surface area contributed by atoms with Crippen molar-refractivity contribution in [2.45, 2.75) is 83.3 Å². The van der Waals surface area contributed by atoms with Crippen molar-refractivity contribution in [1.82, 2.24) is 0 Å². The predicted molar refractivity (Wildman–Crippen MR) is 139 cm³/mol. The van der Waals surface area contributed by atoms with Gasteiger partial charge < -0.3 is 4.43 Å². The highest BCUT2D eigenvalue weighted by molar-refractivity contribution is 14.1. The van der Waals surface area contributed by atoms with Crippen molar-refractivity contribution in [3.8, 4) is 5.75 Å². The number of para-hydroxylation sites is 1. The van der Waals surface area contributed by atoms with E-state index in [2.05, 4.69) is 98.2 Å². The maximum absolute atomic E-state index is 6.90. The molecule has 0 spiro atoms. The van der Waals surface area contributed by atoms with Gasteiger partial charge in [-0.3, -0.25) is 0 Å². The van der Waals surface area contributed by atoms with Crippen molar-refractivity contribution in [2.75, 3.05) is 4.43 Å². The van der Waals surface area contributed by atoms with Gasteiger partial charge in [0.25, 0.3) is 0 Å². The number of rotatable bonds is 9. The van der Waals surface area contributed by atoms with Crippen LogP contribution >= 0.6 is 33.9 Å². The van der Waals surface area contributed by atoms with Crippen LogP contribution in [0.1, 0.15) is 69.2 Å². The largest absolute Gasteiger partial charge is 0.543 e. The van der Waals surface area contributed by atoms with Crippen LogP contribution < -0.4 is 4.43 Å². The van der Waals surface area contributed by atoms with Crippen molar-refractivity contribution in [1.29, 1.82) is 0 Å². The highest BCUT2D eigenvalue weighted by Gasteiger charge is 2.46. The molecule has 0 bridgehead atoms. The van der Waals surface area contributed by atoms with Gasteiger partial charge in [-0.2, -0.15) is 0 Å². The quantitative estimate of drug-likeness (QED) is 0.175. The van der Waals surface area contributed by atoms with Crippen LogP contribution in [0.5, 0.6) is 5.75 Å². The Labute approximate surface area is 196 Å². The summed E-state index contributed by atoms with van der Waals surface area (Å²) >= 11 is 4.47. The molecule has 0 amide bonds. The molecule has 1 aromatic heterocycles. The molecule has 1 heterocycles. The summed E-state index contributed by atoms with van der Waals surface area (Å²) in [5, 5.41) is 2.44. The van der Waals surface area contributed by atoms with Crippen LogP contribution in [0, 0.1) is 5.41 Å². The van der Waals surface area contributed by atoms with Crippen molar-refractivity contribution in [2.24, 2.45) is 5.41 Å². The molecule has 2 aromatic rings. The first kappa shape index (κ1) is 23.3. The molecule has 3 rings (SSSR count). The maximum atomic E-state index is 6.90. The van der Waals surface area contributed by atoms with E-state index in [1.807, 2.05) is 11.3 Å². The molecule has 1 nitrogen and oxygen atoms in total. The standard InChI is InChI=1S/C25H37IOSSi/c1-24(2,3)29(4,5)27-23-14-7-6-12-21(23)22(13-8-17-26)25(15-10-16-25)19-20-11-9-18-28-20/h6-7,9,11-12,14,18,22H,8,10,13,15-17,19H2,1-5H3. The summed E-state index contributed by atoms with van der Waals surface area (Å²) in [6.45, 7) is 11.7. The Balaban J connectivity index is 1.97. The Morgan fingerprint density at radius 3 is 2.41 bits per heavy atom. The lowest BCUT2D eigenvalue weighted by Crippen LogP contribution is -2.44. The first-order valence-corrected chi connectivity index (χ1v) is 16.4. The zero-order valence-corrected chi connectivity index (χ0v) is 22.7. The number of hydrogen-bond donors (Lipinski definition) is 0. The summed E-state index contributed by atoms with van der Waals surface area (Å²) < 4.78 is 8.13. The summed E-state index contributed by atoms with van der Waals surface area (Å²) in [5.41, 5.74) is 1.88. The van der Waals surface area contributed by atoms with E-state index >= 15 is 0 Å². The molecule has 1 fully saturated rings. The number of thiophene rings is 1. The first-order chi connectivity index (χ1) is 13.7. The Morgan fingerprint density at radius 1 is 1.14 bits per heavy atom. The van der Waals surface area contributed by atoms with Gasteiger partial charge in [-0.1, -0.05) is 74.0 Å². The summed E-state index contributed by atoms with van der Waals surface area (Å²) in [5.74, 6) is 1.75. The third-order valence-electron chi connectivity index (χ3n) is 7.29. The van der Waals surface area contributed by atoms with Gasteiger partial charge in [-0.15, -0.1) is 11.3 Å². The zero-order chi connectivity index (χ0) is 21.1. The third kappa shape index (κ3) is 5.30. The fourth-order valence-electron chi connectivity index (χ4n) is 4.40. The van der Waals surface area contributed by atoms with Gasteiger partial charge in [0, 0.05) is 4.88 Å². The predicted octanol–water partition coefficient (Wildman–Crippen LogP) is 8.84. The minimum atomic E-state index is -1.87. The molecule has 0 radical (unpaired) electrons. The van der Waals surface area contributed by atoms with Crippen molar-refractivity contribution in [3.05, 3.63) is 52.2 Å². The van der Waals surface area contributed by atoms with Gasteiger partial charge in [0.2, 0.25) is 8.32 Å². The van der Waals surface area contributed by atoms with Gasteiger partial charge in [0.1, 0.15) is 5.75 Å². The van der Waals surface area contributed by atoms with Crippen molar-refractivity contribution >= 4 is 42.2 Å². The van der Waals surface area contributed by atoms with Crippen LogP contribution in [0.15, 0.2) is 41.8 Å². The molecular weight excluding hydrogens is 503 g/mol. The molecule has 1 unspecified atom stereocenters. The Hall–Kier alpha value is -0.333. The van der Waals surface area contributed by atoms with E-state index in [1.54, 1.807) is 4.88 Å². The summed E-state index contributed by atoms with van der Waals surface area (Å²) in [6, 6.07) is 13.5. The second-order valence-electron chi connectivity index (χ2n) is 10.3. The Morgan fingerprint density at radius 2 is 1.86 bits per heavy atom. The van der Waals surface area contributed by atoms with Gasteiger partial charge in [-0.25, -0.2) is 0 Å². The second kappa shape index (κ2) is 9.43. The molecule has 1 aliphatic rings. The average molecular weight is 541 g/mol. The molecular formula is C25H37IOSSi. The molecule has 1 atom stereocenters. The lowest BCUT2D eigenvalue weighted by atomic mass is 9.56. The summed E-state index contributed by atoms with van der Waals surface area (Å²) in [6.07, 6.45) is 7.86. The lowest BCUT2D eigenvalue weighted by Gasteiger charge is -2.49. The fraction of sp³-hybridized carbons (Fsp3) is 0.600. The molecule has 29 heavy (non-hydrogen) atoms. The lowest BCUT2D eigenvalue weighted by molar-refractivity contribution is 0.0861. The minimum Gasteiger partial charge on any atom is -0.543 e. The van der Waals surface area contributed by atoms with E-state index in [0.29, 0.717) is 11.3 Å². The minimum absolute atomic E-state index is 0.211. The van der Waals surface area contributed by atoms with Gasteiger partial charge >= 0.3 is 0 Å². The molecule has 160 valence electrons. The smallest absolute Gasteiger partial charge is 0.250 e. The zero-order valence-electron chi connectivity index (χ0n) is 18.8. The van der Waals surface area contributed by atoms with Crippen LogP contribution in [-0.4, -0.2) is 12.7 Å². The average Bonchev–Trinajstić information content (AvgIpc) is 3.12. The highest BCUT2D eigenvalue weighted by Crippen LogP contribution is 2.57. The van der Waals surface area contributed by atoms with Crippen molar-refractivity contribution < 1.29 is 4.43 Å². The SMILES string of the molecule is CC(C)(C)[Si](C)(C)Oc1ccccc1C(CCCI)C1(Cc2cccs2)CCC1. The van der Waals surface area contributed by atoms with Gasteiger partial charge in [0.05, 0.1) is 0 Å². The number of halogens is 1. The third-order valence-corrected chi connectivity index (χ3v) is 13.3. The maximum Gasteiger partial charge on any atom is 0.250 e. The van der Waals surface area contributed by atoms with E-state index in [9.17, 15) is 0 Å². The number of alkyl halides is 1. The van der Waals surface area contributed by atoms with Gasteiger partial charge in [-0.05, 0) is 89.1 Å². The van der Waals surface area contributed by atoms with Gasteiger partial charge in [0.15, 0.2) is 0 Å². The molecule has 0 saturated heterocycles. The molecule has 1 aromatic carbocycles. The van der Waals surface area contributed by atoms with E-state index in [4.69, 9.17) is 4.43 Å². The molecule has 1 aliphatic carbocycles. The number of hydrogen-bond acceptors (Lipinski definition) is 2. The molecule has 0 aliphatic heterocycles. The van der Waals surface area contributed by atoms with Crippen LogP contribution in [0.4, 0.5) is 0 Å².